The van der Waals surface area contributed by atoms with Crippen LogP contribution in [-0.2, 0) is 32.6 Å². The number of carbonyl (C=O) groups is 2. The maximum Gasteiger partial charge on any atom is 0.243 e. The van der Waals surface area contributed by atoms with Crippen LogP contribution in [0.5, 0.6) is 0 Å². The van der Waals surface area contributed by atoms with E-state index in [2.05, 4.69) is 5.32 Å². The molecule has 1 saturated heterocycles. The number of nitrogens with zero attached hydrogens (tertiary/aromatic N) is 2. The second-order valence-electron chi connectivity index (χ2n) is 8.63. The molecule has 4 rings (SSSR count). The maximum absolute atomic E-state index is 13.2. The molecule has 2 aliphatic rings. The van der Waals surface area contributed by atoms with Gasteiger partial charge in [-0.1, -0.05) is 18.6 Å². The number of piperidine rings is 1. The fraction of sp³-hybridized carbons (Fsp3) is 0.417. The van der Waals surface area contributed by atoms with Crippen molar-refractivity contribution in [1.29, 1.82) is 0 Å². The summed E-state index contributed by atoms with van der Waals surface area (Å²) in [7, 11) is -3.62. The average molecular weight is 474 g/mol. The molecule has 7 nitrogen and oxygen atoms in total. The first-order valence-electron chi connectivity index (χ1n) is 11.2. The van der Waals surface area contributed by atoms with Crippen LogP contribution < -0.4 is 10.2 Å². The number of hydrogen-bond acceptors (Lipinski definition) is 4. The molecule has 0 spiro atoms. The number of rotatable bonds is 6. The molecule has 2 amide bonds. The van der Waals surface area contributed by atoms with Crippen LogP contribution >= 0.6 is 0 Å². The molecule has 0 saturated carbocycles. The minimum Gasteiger partial charge on any atom is -0.350 e. The summed E-state index contributed by atoms with van der Waals surface area (Å²) in [4.78, 5) is 26.7. The summed E-state index contributed by atoms with van der Waals surface area (Å²) < 4.78 is 41.0. The van der Waals surface area contributed by atoms with Gasteiger partial charge < -0.3 is 10.2 Å². The van der Waals surface area contributed by atoms with Gasteiger partial charge in [-0.25, -0.2) is 12.8 Å². The Morgan fingerprint density at radius 1 is 1.12 bits per heavy atom. The number of halogens is 1. The van der Waals surface area contributed by atoms with Gasteiger partial charge >= 0.3 is 0 Å². The summed E-state index contributed by atoms with van der Waals surface area (Å²) in [5.74, 6) is -0.879. The minimum absolute atomic E-state index is 0.0392. The number of benzene rings is 2. The molecule has 1 fully saturated rings. The molecular weight excluding hydrogens is 445 g/mol. The fourth-order valence-electron chi connectivity index (χ4n) is 4.44. The summed E-state index contributed by atoms with van der Waals surface area (Å²) in [5, 5.41) is 2.74. The molecule has 0 bridgehead atoms. The number of sulfonamides is 1. The second-order valence-corrected chi connectivity index (χ2v) is 10.5. The van der Waals surface area contributed by atoms with Crippen LogP contribution in [0.4, 0.5) is 10.1 Å². The van der Waals surface area contributed by atoms with Gasteiger partial charge in [0.15, 0.2) is 0 Å². The Balaban J connectivity index is 1.49. The number of fused-ring (bicyclic) bond motifs is 1. The molecule has 176 valence electrons. The summed E-state index contributed by atoms with van der Waals surface area (Å²) in [6, 6.07) is 10.6. The molecule has 0 radical (unpaired) electrons. The van der Waals surface area contributed by atoms with Gasteiger partial charge in [-0.15, -0.1) is 0 Å². The van der Waals surface area contributed by atoms with Crippen LogP contribution in [-0.4, -0.2) is 43.7 Å². The van der Waals surface area contributed by atoms with Crippen molar-refractivity contribution in [3.05, 3.63) is 59.4 Å². The van der Waals surface area contributed by atoms with Gasteiger partial charge in [0.05, 0.1) is 4.90 Å². The number of aryl methyl sites for hydroxylation is 1. The Bertz CT molecular complexity index is 1150. The van der Waals surface area contributed by atoms with Crippen LogP contribution in [0.15, 0.2) is 47.4 Å². The van der Waals surface area contributed by atoms with Crippen LogP contribution in [0.25, 0.3) is 0 Å². The number of hydrogen-bond donors (Lipinski definition) is 1. The summed E-state index contributed by atoms with van der Waals surface area (Å²) in [5.41, 5.74) is 2.05. The molecule has 2 aromatic rings. The van der Waals surface area contributed by atoms with Crippen LogP contribution in [0, 0.1) is 5.82 Å². The molecule has 1 atom stereocenters. The van der Waals surface area contributed by atoms with E-state index in [0.717, 1.165) is 30.4 Å². The third kappa shape index (κ3) is 5.09. The summed E-state index contributed by atoms with van der Waals surface area (Å²) >= 11 is 0. The molecule has 33 heavy (non-hydrogen) atoms. The first-order chi connectivity index (χ1) is 15.8. The number of nitrogens with one attached hydrogen (secondary N) is 1. The van der Waals surface area contributed by atoms with E-state index in [4.69, 9.17) is 0 Å². The Labute approximate surface area is 193 Å². The lowest BCUT2D eigenvalue weighted by atomic mass is 10.0. The van der Waals surface area contributed by atoms with Crippen molar-refractivity contribution in [1.82, 2.24) is 9.62 Å². The molecule has 2 heterocycles. The monoisotopic (exact) mass is 473 g/mol. The molecule has 2 aromatic carbocycles. The number of amides is 2. The van der Waals surface area contributed by atoms with Crippen molar-refractivity contribution < 1.29 is 22.4 Å². The van der Waals surface area contributed by atoms with Crippen LogP contribution in [0.3, 0.4) is 0 Å². The molecule has 0 unspecified atom stereocenters. The lowest BCUT2D eigenvalue weighted by Gasteiger charge is -2.33. The highest BCUT2D eigenvalue weighted by Crippen LogP contribution is 2.32. The normalized spacial score (nSPS) is 19.3. The van der Waals surface area contributed by atoms with E-state index in [0.29, 0.717) is 18.7 Å². The number of carbonyl (C=O) groups excluding carboxylic acids is 2. The quantitative estimate of drug-likeness (QED) is 0.699. The Morgan fingerprint density at radius 2 is 1.88 bits per heavy atom. The molecule has 2 aliphatic heterocycles. The highest BCUT2D eigenvalue weighted by Gasteiger charge is 2.33. The van der Waals surface area contributed by atoms with Crippen molar-refractivity contribution in [2.45, 2.75) is 56.5 Å². The lowest BCUT2D eigenvalue weighted by molar-refractivity contribution is -0.124. The average Bonchev–Trinajstić information content (AvgIpc) is 2.80. The van der Waals surface area contributed by atoms with E-state index < -0.39 is 10.0 Å². The van der Waals surface area contributed by atoms with Crippen LogP contribution in [0.2, 0.25) is 0 Å². The SMILES string of the molecule is C[C@@H]1CCCCN1S(=O)(=O)c1ccc2c(c1)CCC(=O)N2CC(=O)NCc1ccc(F)cc1. The van der Waals surface area contributed by atoms with Gasteiger partial charge in [-0.05, 0) is 67.6 Å². The zero-order valence-electron chi connectivity index (χ0n) is 18.6. The van der Waals surface area contributed by atoms with Crippen LogP contribution in [0.1, 0.15) is 43.7 Å². The Hall–Kier alpha value is -2.78. The Morgan fingerprint density at radius 3 is 2.61 bits per heavy atom. The van der Waals surface area contributed by atoms with Crippen molar-refractivity contribution >= 4 is 27.5 Å². The largest absolute Gasteiger partial charge is 0.350 e. The van der Waals surface area contributed by atoms with E-state index in [1.807, 2.05) is 6.92 Å². The smallest absolute Gasteiger partial charge is 0.243 e. The molecule has 1 N–H and O–H groups in total. The predicted molar refractivity (Wildman–Crippen MR) is 123 cm³/mol. The summed E-state index contributed by atoms with van der Waals surface area (Å²) in [6.45, 7) is 2.50. The van der Waals surface area contributed by atoms with E-state index in [9.17, 15) is 22.4 Å². The Kier molecular flexibility index (Phi) is 6.81. The lowest BCUT2D eigenvalue weighted by Crippen LogP contribution is -2.43. The van der Waals surface area contributed by atoms with Crippen molar-refractivity contribution in [2.24, 2.45) is 0 Å². The van der Waals surface area contributed by atoms with Gasteiger partial charge in [0.1, 0.15) is 12.4 Å². The standard InChI is InChI=1S/C24H28FN3O4S/c1-17-4-2-3-13-28(17)33(31,32)21-10-11-22-19(14-21)7-12-24(30)27(22)16-23(29)26-15-18-5-8-20(25)9-6-18/h5-6,8-11,14,17H,2-4,7,12-13,15-16H2,1H3,(H,26,29)/t17-/m1/s1. The first-order valence-corrected chi connectivity index (χ1v) is 12.7. The zero-order chi connectivity index (χ0) is 23.6. The number of anilines is 1. The third-order valence-electron chi connectivity index (χ3n) is 6.30. The molecular formula is C24H28FN3O4S. The predicted octanol–water partition coefficient (Wildman–Crippen LogP) is 2.98. The fourth-order valence-corrected chi connectivity index (χ4v) is 6.19. The minimum atomic E-state index is -3.62. The second kappa shape index (κ2) is 9.61. The topological polar surface area (TPSA) is 86.8 Å². The van der Waals surface area contributed by atoms with Gasteiger partial charge in [0.25, 0.3) is 0 Å². The van der Waals surface area contributed by atoms with E-state index in [1.165, 1.54) is 23.1 Å². The maximum atomic E-state index is 13.2. The van der Waals surface area contributed by atoms with E-state index >= 15 is 0 Å². The highest BCUT2D eigenvalue weighted by atomic mass is 32.2. The third-order valence-corrected chi connectivity index (χ3v) is 8.31. The summed E-state index contributed by atoms with van der Waals surface area (Å²) in [6.07, 6.45) is 3.36. The molecule has 0 aliphatic carbocycles. The van der Waals surface area contributed by atoms with E-state index in [1.54, 1.807) is 28.6 Å². The van der Waals surface area contributed by atoms with Gasteiger partial charge in [0.2, 0.25) is 21.8 Å². The first kappa shape index (κ1) is 23.4. The zero-order valence-corrected chi connectivity index (χ0v) is 19.4. The van der Waals surface area contributed by atoms with Crippen molar-refractivity contribution in [3.63, 3.8) is 0 Å². The molecule has 0 aromatic heterocycles. The van der Waals surface area contributed by atoms with Gasteiger partial charge in [-0.3, -0.25) is 9.59 Å². The van der Waals surface area contributed by atoms with E-state index in [-0.39, 0.29) is 48.1 Å². The van der Waals surface area contributed by atoms with Crippen molar-refractivity contribution in [2.75, 3.05) is 18.0 Å². The van der Waals surface area contributed by atoms with Crippen molar-refractivity contribution in [3.8, 4) is 0 Å². The van der Waals surface area contributed by atoms with Gasteiger partial charge in [0, 0.05) is 31.2 Å². The highest BCUT2D eigenvalue weighted by molar-refractivity contribution is 7.89. The molecule has 9 heteroatoms. The van der Waals surface area contributed by atoms with Gasteiger partial charge in [-0.2, -0.15) is 4.31 Å².